The van der Waals surface area contributed by atoms with Gasteiger partial charge in [-0.25, -0.2) is 0 Å². The first-order valence-corrected chi connectivity index (χ1v) is 3.21. The van der Waals surface area contributed by atoms with Crippen molar-refractivity contribution in [2.45, 2.75) is 6.42 Å². The maximum Gasteiger partial charge on any atom is 0.0542 e. The first kappa shape index (κ1) is 6.62. The fourth-order valence-corrected chi connectivity index (χ4v) is 0.999. The number of rotatable bonds is 2. The van der Waals surface area contributed by atoms with E-state index in [2.05, 4.69) is 25.2 Å². The lowest BCUT2D eigenvalue weighted by molar-refractivity contribution is 0.394. The van der Waals surface area contributed by atoms with Crippen LogP contribution in [0.15, 0.2) is 5.57 Å². The number of nitrogens with two attached hydrogens (primary N) is 1. The van der Waals surface area contributed by atoms with Crippen LogP contribution < -0.4 is 5.73 Å². The van der Waals surface area contributed by atoms with Gasteiger partial charge in [0.15, 0.2) is 0 Å². The Morgan fingerprint density at radius 1 is 1.78 bits per heavy atom. The Morgan fingerprint density at radius 3 is 2.78 bits per heavy atom. The van der Waals surface area contributed by atoms with E-state index >= 15 is 0 Å². The quantitative estimate of drug-likeness (QED) is 0.535. The van der Waals surface area contributed by atoms with E-state index in [1.165, 1.54) is 5.57 Å². The van der Waals surface area contributed by atoms with Gasteiger partial charge in [0, 0.05) is 6.54 Å². The zero-order chi connectivity index (χ0) is 6.85. The van der Waals surface area contributed by atoms with Crippen molar-refractivity contribution in [2.75, 3.05) is 20.6 Å². The highest BCUT2D eigenvalue weighted by Crippen LogP contribution is 2.36. The molecule has 0 spiro atoms. The average Bonchev–Trinajstić information content (AvgIpc) is 2.45. The van der Waals surface area contributed by atoms with Crippen LogP contribution in [-0.4, -0.2) is 25.5 Å². The average molecular weight is 125 g/mol. The lowest BCUT2D eigenvalue weighted by Crippen LogP contribution is -2.14. The Morgan fingerprint density at radius 2 is 2.44 bits per heavy atom. The summed E-state index contributed by atoms with van der Waals surface area (Å²) < 4.78 is 0. The largest absolute Gasteiger partial charge is 0.397 e. The molecule has 0 bridgehead atoms. The van der Waals surface area contributed by atoms with Gasteiger partial charge >= 0.3 is 0 Å². The molecule has 2 heteroatoms. The van der Waals surface area contributed by atoms with Crippen molar-refractivity contribution >= 4 is 0 Å². The molecule has 1 rings (SSSR count). The molecule has 1 atom stereocenters. The summed E-state index contributed by atoms with van der Waals surface area (Å²) in [5, 5.41) is 0. The van der Waals surface area contributed by atoms with Gasteiger partial charge in [0.2, 0.25) is 0 Å². The van der Waals surface area contributed by atoms with Crippen LogP contribution in [0.25, 0.3) is 0 Å². The second-order valence-corrected chi connectivity index (χ2v) is 2.83. The lowest BCUT2D eigenvalue weighted by atomic mass is 10.4. The predicted octanol–water partition coefficient (Wildman–Crippen LogP) is 0.214. The van der Waals surface area contributed by atoms with Crippen LogP contribution in [0.4, 0.5) is 0 Å². The van der Waals surface area contributed by atoms with E-state index < -0.39 is 0 Å². The van der Waals surface area contributed by atoms with Gasteiger partial charge in [-0.2, -0.15) is 0 Å². The molecule has 1 radical (unpaired) electrons. The minimum absolute atomic E-state index is 0.713. The molecule has 1 fully saturated rings. The van der Waals surface area contributed by atoms with Crippen LogP contribution in [0, 0.1) is 12.1 Å². The third kappa shape index (κ3) is 1.72. The van der Waals surface area contributed by atoms with Crippen LogP contribution in [-0.2, 0) is 0 Å². The van der Waals surface area contributed by atoms with Gasteiger partial charge in [-0.15, -0.1) is 0 Å². The van der Waals surface area contributed by atoms with Crippen molar-refractivity contribution in [3.05, 3.63) is 11.8 Å². The monoisotopic (exact) mass is 125 g/mol. The standard InChI is InChI=1S/C7H13N2/c1-9(2)5-7-3-6(7)4-8/h7H,3,5,8H2,1-2H3. The third-order valence-corrected chi connectivity index (χ3v) is 1.57. The van der Waals surface area contributed by atoms with E-state index in [1.54, 1.807) is 0 Å². The maximum absolute atomic E-state index is 5.19. The van der Waals surface area contributed by atoms with Crippen LogP contribution >= 0.6 is 0 Å². The second-order valence-electron chi connectivity index (χ2n) is 2.83. The predicted molar refractivity (Wildman–Crippen MR) is 37.6 cm³/mol. The summed E-state index contributed by atoms with van der Waals surface area (Å²) in [5.74, 6) is 0.713. The van der Waals surface area contributed by atoms with Crippen molar-refractivity contribution in [3.8, 4) is 0 Å². The lowest BCUT2D eigenvalue weighted by Gasteiger charge is -2.05. The summed E-state index contributed by atoms with van der Waals surface area (Å²) in [4.78, 5) is 2.18. The summed E-state index contributed by atoms with van der Waals surface area (Å²) in [6.07, 6.45) is 3.85. The van der Waals surface area contributed by atoms with Crippen molar-refractivity contribution < 1.29 is 0 Å². The van der Waals surface area contributed by atoms with Crippen molar-refractivity contribution in [1.29, 1.82) is 0 Å². The first-order valence-electron chi connectivity index (χ1n) is 3.21. The number of hydrogen-bond donors (Lipinski definition) is 1. The summed E-state index contributed by atoms with van der Waals surface area (Å²) in [6.45, 7) is 1.12. The van der Waals surface area contributed by atoms with E-state index in [-0.39, 0.29) is 0 Å². The Balaban J connectivity index is 2.20. The summed E-state index contributed by atoms with van der Waals surface area (Å²) >= 11 is 0. The topological polar surface area (TPSA) is 29.3 Å². The molecule has 9 heavy (non-hydrogen) atoms. The van der Waals surface area contributed by atoms with E-state index in [0.29, 0.717) is 5.92 Å². The molecule has 0 aliphatic heterocycles. The Hall–Kier alpha value is -0.500. The zero-order valence-corrected chi connectivity index (χ0v) is 6.02. The highest BCUT2D eigenvalue weighted by molar-refractivity contribution is 5.19. The minimum atomic E-state index is 0.713. The Labute approximate surface area is 56.3 Å². The number of nitrogens with zero attached hydrogens (tertiary/aromatic N) is 1. The van der Waals surface area contributed by atoms with Gasteiger partial charge in [-0.3, -0.25) is 0 Å². The second kappa shape index (κ2) is 2.40. The number of hydrogen-bond acceptors (Lipinski definition) is 2. The molecule has 0 saturated heterocycles. The fourth-order valence-electron chi connectivity index (χ4n) is 0.999. The van der Waals surface area contributed by atoms with Crippen LogP contribution in [0.1, 0.15) is 6.42 Å². The minimum Gasteiger partial charge on any atom is -0.397 e. The van der Waals surface area contributed by atoms with Crippen molar-refractivity contribution in [3.63, 3.8) is 0 Å². The van der Waals surface area contributed by atoms with Gasteiger partial charge in [0.1, 0.15) is 0 Å². The molecule has 0 heterocycles. The highest BCUT2D eigenvalue weighted by Gasteiger charge is 2.29. The summed E-state index contributed by atoms with van der Waals surface area (Å²) in [5.41, 5.74) is 6.49. The van der Waals surface area contributed by atoms with Gasteiger partial charge in [-0.1, -0.05) is 0 Å². The van der Waals surface area contributed by atoms with Gasteiger partial charge in [0.25, 0.3) is 0 Å². The van der Waals surface area contributed by atoms with Crippen LogP contribution in [0.2, 0.25) is 0 Å². The van der Waals surface area contributed by atoms with E-state index in [1.807, 2.05) is 0 Å². The molecule has 1 saturated carbocycles. The Kier molecular flexibility index (Phi) is 1.76. The smallest absolute Gasteiger partial charge is 0.0542 e. The zero-order valence-electron chi connectivity index (χ0n) is 6.02. The van der Waals surface area contributed by atoms with Crippen LogP contribution in [0.5, 0.6) is 0 Å². The molecule has 2 nitrogen and oxygen atoms in total. The molecule has 2 N–H and O–H groups in total. The maximum atomic E-state index is 5.19. The molecule has 0 aromatic carbocycles. The first-order chi connectivity index (χ1) is 4.24. The van der Waals surface area contributed by atoms with Crippen molar-refractivity contribution in [1.82, 2.24) is 4.90 Å². The molecular formula is C7H13N2. The molecule has 1 unspecified atom stereocenters. The van der Waals surface area contributed by atoms with Gasteiger partial charge in [-0.05, 0) is 32.0 Å². The van der Waals surface area contributed by atoms with Gasteiger partial charge in [0.05, 0.1) is 6.20 Å². The van der Waals surface area contributed by atoms with Gasteiger partial charge < -0.3 is 10.6 Å². The van der Waals surface area contributed by atoms with E-state index in [4.69, 9.17) is 5.73 Å². The van der Waals surface area contributed by atoms with E-state index in [0.717, 1.165) is 13.0 Å². The molecule has 1 aliphatic rings. The summed E-state index contributed by atoms with van der Waals surface area (Å²) in [6, 6.07) is 0. The normalized spacial score (nSPS) is 29.7. The molecule has 0 aromatic rings. The highest BCUT2D eigenvalue weighted by atomic mass is 15.1. The van der Waals surface area contributed by atoms with Crippen LogP contribution in [0.3, 0.4) is 0 Å². The molecule has 0 amide bonds. The molecule has 1 aliphatic carbocycles. The summed E-state index contributed by atoms with van der Waals surface area (Å²) in [7, 11) is 4.15. The van der Waals surface area contributed by atoms with E-state index in [9.17, 15) is 0 Å². The fraction of sp³-hybridized carbons (Fsp3) is 0.714. The molecule has 51 valence electrons. The Bertz CT molecular complexity index is 127. The van der Waals surface area contributed by atoms with Crippen molar-refractivity contribution in [2.24, 2.45) is 11.7 Å². The third-order valence-electron chi connectivity index (χ3n) is 1.57. The molecule has 0 aromatic heterocycles. The SMILES string of the molecule is CN(C)CC1C/C1=[C]\N. The molecular weight excluding hydrogens is 112 g/mol.